The lowest BCUT2D eigenvalue weighted by molar-refractivity contribution is -0.142. The van der Waals surface area contributed by atoms with E-state index < -0.39 is 5.41 Å². The molecule has 1 rings (SSSR count). The first-order chi connectivity index (χ1) is 5.61. The second-order valence-corrected chi connectivity index (χ2v) is 3.85. The molecule has 0 aromatic rings. The fourth-order valence-corrected chi connectivity index (χ4v) is 1.96. The molecule has 0 amide bonds. The summed E-state index contributed by atoms with van der Waals surface area (Å²) in [4.78, 5) is 22.9. The van der Waals surface area contributed by atoms with Crippen molar-refractivity contribution in [3.05, 3.63) is 0 Å². The van der Waals surface area contributed by atoms with Crippen LogP contribution in [0.5, 0.6) is 0 Å². The van der Waals surface area contributed by atoms with Crippen LogP contribution in [0.15, 0.2) is 0 Å². The number of hydrogen-bond acceptors (Lipinski definition) is 2. The maximum Gasteiger partial charge on any atom is 0.146 e. The first-order valence-electron chi connectivity index (χ1n) is 4.24. The predicted molar refractivity (Wildman–Crippen MR) is 47.3 cm³/mol. The highest BCUT2D eigenvalue weighted by atomic mass is 35.5. The molecule has 68 valence electrons. The Bertz CT molecular complexity index is 195. The van der Waals surface area contributed by atoms with Crippen molar-refractivity contribution in [2.45, 2.75) is 32.6 Å². The topological polar surface area (TPSA) is 34.1 Å². The van der Waals surface area contributed by atoms with E-state index in [1.54, 1.807) is 6.92 Å². The van der Waals surface area contributed by atoms with Crippen molar-refractivity contribution in [2.75, 3.05) is 5.88 Å². The first-order valence-corrected chi connectivity index (χ1v) is 4.77. The van der Waals surface area contributed by atoms with Gasteiger partial charge in [0, 0.05) is 18.7 Å². The van der Waals surface area contributed by atoms with Gasteiger partial charge in [0.1, 0.15) is 11.6 Å². The van der Waals surface area contributed by atoms with Crippen molar-refractivity contribution < 1.29 is 9.59 Å². The summed E-state index contributed by atoms with van der Waals surface area (Å²) in [5.41, 5.74) is -0.764. The molecule has 0 aliphatic heterocycles. The molecule has 0 aromatic heterocycles. The number of alkyl halides is 1. The molecule has 1 aliphatic carbocycles. The Kier molecular flexibility index (Phi) is 2.89. The van der Waals surface area contributed by atoms with E-state index in [2.05, 4.69) is 0 Å². The minimum Gasteiger partial charge on any atom is -0.299 e. The third-order valence-corrected chi connectivity index (χ3v) is 2.82. The highest BCUT2D eigenvalue weighted by molar-refractivity contribution is 6.18. The molecule has 12 heavy (non-hydrogen) atoms. The Morgan fingerprint density at radius 1 is 1.33 bits per heavy atom. The van der Waals surface area contributed by atoms with E-state index in [1.165, 1.54) is 0 Å². The monoisotopic (exact) mass is 188 g/mol. The molecule has 1 aliphatic rings. The lowest BCUT2D eigenvalue weighted by Gasteiger charge is -2.29. The van der Waals surface area contributed by atoms with E-state index in [-0.39, 0.29) is 11.6 Å². The first kappa shape index (κ1) is 9.72. The van der Waals surface area contributed by atoms with Gasteiger partial charge in [-0.05, 0) is 19.8 Å². The van der Waals surface area contributed by atoms with E-state index in [1.807, 2.05) is 0 Å². The standard InChI is InChI=1S/C9H13ClO2/c1-9(5-6-10)7(11)3-2-4-8(9)12/h2-6H2,1H3. The number of hydrogen-bond donors (Lipinski definition) is 0. The van der Waals surface area contributed by atoms with Gasteiger partial charge in [-0.2, -0.15) is 0 Å². The van der Waals surface area contributed by atoms with Gasteiger partial charge in [0.25, 0.3) is 0 Å². The molecule has 0 saturated heterocycles. The Hall–Kier alpha value is -0.370. The van der Waals surface area contributed by atoms with Crippen molar-refractivity contribution in [2.24, 2.45) is 5.41 Å². The minimum atomic E-state index is -0.764. The quantitative estimate of drug-likeness (QED) is 0.490. The van der Waals surface area contributed by atoms with Gasteiger partial charge in [0.15, 0.2) is 0 Å². The summed E-state index contributed by atoms with van der Waals surface area (Å²) in [5.74, 6) is 0.521. The SMILES string of the molecule is CC1(CCCl)C(=O)CCCC1=O. The maximum atomic E-state index is 11.4. The highest BCUT2D eigenvalue weighted by Gasteiger charge is 2.41. The van der Waals surface area contributed by atoms with E-state index in [0.717, 1.165) is 6.42 Å². The zero-order valence-corrected chi connectivity index (χ0v) is 7.99. The molecule has 0 aromatic carbocycles. The largest absolute Gasteiger partial charge is 0.299 e. The molecule has 0 N–H and O–H groups in total. The van der Waals surface area contributed by atoms with Crippen molar-refractivity contribution in [3.8, 4) is 0 Å². The van der Waals surface area contributed by atoms with Gasteiger partial charge in [0.2, 0.25) is 0 Å². The van der Waals surface area contributed by atoms with Gasteiger partial charge in [0.05, 0.1) is 5.41 Å². The average Bonchev–Trinajstić information content (AvgIpc) is 2.02. The van der Waals surface area contributed by atoms with Gasteiger partial charge >= 0.3 is 0 Å². The molecule has 0 spiro atoms. The van der Waals surface area contributed by atoms with Gasteiger partial charge in [-0.1, -0.05) is 0 Å². The minimum absolute atomic E-state index is 0.0689. The molecular weight excluding hydrogens is 176 g/mol. The molecule has 0 atom stereocenters. The predicted octanol–water partition coefficient (Wildman–Crippen LogP) is 1.94. The molecule has 0 bridgehead atoms. The molecule has 0 radical (unpaired) electrons. The summed E-state index contributed by atoms with van der Waals surface area (Å²) in [6.07, 6.45) is 2.29. The average molecular weight is 189 g/mol. The summed E-state index contributed by atoms with van der Waals surface area (Å²) in [5, 5.41) is 0. The molecule has 2 nitrogen and oxygen atoms in total. The number of carbonyl (C=O) groups is 2. The molecule has 3 heteroatoms. The van der Waals surface area contributed by atoms with Crippen molar-refractivity contribution in [1.82, 2.24) is 0 Å². The number of Topliss-reactive ketones (excluding diaryl/α,β-unsaturated/α-hetero) is 2. The van der Waals surface area contributed by atoms with Crippen molar-refractivity contribution >= 4 is 23.2 Å². The van der Waals surface area contributed by atoms with E-state index in [0.29, 0.717) is 25.1 Å². The van der Waals surface area contributed by atoms with Crippen LogP contribution in [0.1, 0.15) is 32.6 Å². The summed E-state index contributed by atoms with van der Waals surface area (Å²) in [7, 11) is 0. The van der Waals surface area contributed by atoms with Gasteiger partial charge in [-0.15, -0.1) is 11.6 Å². The van der Waals surface area contributed by atoms with E-state index >= 15 is 0 Å². The van der Waals surface area contributed by atoms with Crippen LogP contribution in [-0.4, -0.2) is 17.4 Å². The lowest BCUT2D eigenvalue weighted by atomic mass is 9.72. The van der Waals surface area contributed by atoms with E-state index in [9.17, 15) is 9.59 Å². The Balaban J connectivity index is 2.80. The second-order valence-electron chi connectivity index (χ2n) is 3.47. The van der Waals surface area contributed by atoms with Crippen LogP contribution in [0.2, 0.25) is 0 Å². The molecule has 0 heterocycles. The third-order valence-electron chi connectivity index (χ3n) is 2.63. The number of rotatable bonds is 2. The van der Waals surface area contributed by atoms with Crippen LogP contribution in [0.25, 0.3) is 0 Å². The van der Waals surface area contributed by atoms with Crippen molar-refractivity contribution in [3.63, 3.8) is 0 Å². The Labute approximate surface area is 77.3 Å². The normalized spacial score (nSPS) is 22.8. The highest BCUT2D eigenvalue weighted by Crippen LogP contribution is 2.32. The molecule has 1 saturated carbocycles. The number of ketones is 2. The summed E-state index contributed by atoms with van der Waals surface area (Å²) in [6.45, 7) is 1.72. The maximum absolute atomic E-state index is 11.4. The number of halogens is 1. The van der Waals surface area contributed by atoms with Crippen LogP contribution in [0.4, 0.5) is 0 Å². The lowest BCUT2D eigenvalue weighted by Crippen LogP contribution is -2.40. The fourth-order valence-electron chi connectivity index (χ4n) is 1.58. The zero-order chi connectivity index (χ0) is 9.19. The summed E-state index contributed by atoms with van der Waals surface area (Å²) < 4.78 is 0. The van der Waals surface area contributed by atoms with Crippen LogP contribution < -0.4 is 0 Å². The second kappa shape index (κ2) is 3.56. The smallest absolute Gasteiger partial charge is 0.146 e. The number of carbonyl (C=O) groups excluding carboxylic acids is 2. The fraction of sp³-hybridized carbons (Fsp3) is 0.778. The van der Waals surface area contributed by atoms with Crippen LogP contribution in [0, 0.1) is 5.41 Å². The van der Waals surface area contributed by atoms with Gasteiger partial charge in [-0.25, -0.2) is 0 Å². The summed E-state index contributed by atoms with van der Waals surface area (Å²) >= 11 is 5.55. The van der Waals surface area contributed by atoms with E-state index in [4.69, 9.17) is 11.6 Å². The molecular formula is C9H13ClO2. The van der Waals surface area contributed by atoms with Crippen molar-refractivity contribution in [1.29, 1.82) is 0 Å². The van der Waals surface area contributed by atoms with Gasteiger partial charge in [-0.3, -0.25) is 9.59 Å². The molecule has 0 unspecified atom stereocenters. The van der Waals surface area contributed by atoms with Crippen LogP contribution >= 0.6 is 11.6 Å². The van der Waals surface area contributed by atoms with Crippen LogP contribution in [0.3, 0.4) is 0 Å². The Morgan fingerprint density at radius 3 is 2.25 bits per heavy atom. The Morgan fingerprint density at radius 2 is 1.83 bits per heavy atom. The van der Waals surface area contributed by atoms with Crippen LogP contribution in [-0.2, 0) is 9.59 Å². The molecule has 1 fully saturated rings. The third kappa shape index (κ3) is 1.53. The zero-order valence-electron chi connectivity index (χ0n) is 7.23. The van der Waals surface area contributed by atoms with Gasteiger partial charge < -0.3 is 0 Å². The summed E-state index contributed by atoms with van der Waals surface area (Å²) in [6, 6.07) is 0.